The Morgan fingerprint density at radius 1 is 0.692 bits per heavy atom. The van der Waals surface area contributed by atoms with Crippen LogP contribution < -0.4 is 0 Å². The predicted octanol–water partition coefficient (Wildman–Crippen LogP) is 2.14. The Labute approximate surface area is 90.7 Å². The molecule has 2 aromatic rings. The fourth-order valence-electron chi connectivity index (χ4n) is 1.03. The summed E-state index contributed by atoms with van der Waals surface area (Å²) >= 11 is 0. The van der Waals surface area contributed by atoms with Crippen molar-refractivity contribution >= 4 is 0 Å². The molecule has 0 aliphatic carbocycles. The molecule has 0 aromatic carbocycles. The van der Waals surface area contributed by atoms with Gasteiger partial charge in [0.2, 0.25) is 0 Å². The minimum Gasteiger partial charge on any atom is -0.255 e. The molecule has 1 radical (unpaired) electrons. The van der Waals surface area contributed by atoms with Gasteiger partial charge in [-0.15, -0.1) is 0 Å². The van der Waals surface area contributed by atoms with E-state index in [0.29, 0.717) is 0 Å². The van der Waals surface area contributed by atoms with Gasteiger partial charge in [0.05, 0.1) is 11.4 Å². The molecule has 0 aliphatic rings. The maximum Gasteiger partial charge on any atom is 0.0886 e. The summed E-state index contributed by atoms with van der Waals surface area (Å²) in [6.45, 7) is 0. The van der Waals surface area contributed by atoms with Crippen LogP contribution in [0.25, 0.3) is 11.4 Å². The molecule has 2 rings (SSSR count). The number of aromatic nitrogens is 2. The maximum absolute atomic E-state index is 4.19. The van der Waals surface area contributed by atoms with Crippen LogP contribution in [0.2, 0.25) is 0 Å². The van der Waals surface area contributed by atoms with Gasteiger partial charge in [0.1, 0.15) is 0 Å². The SMILES string of the molecule is [Re].c1ccc(-c2ccccn2)nc1. The van der Waals surface area contributed by atoms with Crippen LogP contribution in [0.1, 0.15) is 0 Å². The number of rotatable bonds is 1. The first kappa shape index (κ1) is 10.0. The van der Waals surface area contributed by atoms with Crippen LogP contribution in [0.5, 0.6) is 0 Å². The van der Waals surface area contributed by atoms with Gasteiger partial charge >= 0.3 is 0 Å². The second-order valence-corrected chi connectivity index (χ2v) is 2.43. The van der Waals surface area contributed by atoms with E-state index in [1.165, 1.54) is 0 Å². The number of hydrogen-bond acceptors (Lipinski definition) is 2. The summed E-state index contributed by atoms with van der Waals surface area (Å²) in [5.74, 6) is 0. The van der Waals surface area contributed by atoms with Crippen LogP contribution in [-0.4, -0.2) is 9.97 Å². The molecule has 0 atom stereocenters. The van der Waals surface area contributed by atoms with E-state index in [2.05, 4.69) is 9.97 Å². The van der Waals surface area contributed by atoms with Crippen molar-refractivity contribution in [2.24, 2.45) is 0 Å². The van der Waals surface area contributed by atoms with Gasteiger partial charge in [-0.3, -0.25) is 9.97 Å². The molecule has 65 valence electrons. The molecular formula is C10H8N2Re. The van der Waals surface area contributed by atoms with Crippen LogP contribution in [0, 0.1) is 0 Å². The second-order valence-electron chi connectivity index (χ2n) is 2.43. The Kier molecular flexibility index (Phi) is 3.76. The molecule has 0 aliphatic heterocycles. The molecule has 0 unspecified atom stereocenters. The van der Waals surface area contributed by atoms with E-state index in [-0.39, 0.29) is 20.4 Å². The van der Waals surface area contributed by atoms with Gasteiger partial charge in [-0.25, -0.2) is 0 Å². The van der Waals surface area contributed by atoms with Crippen LogP contribution >= 0.6 is 0 Å². The van der Waals surface area contributed by atoms with Crippen molar-refractivity contribution in [3.8, 4) is 11.4 Å². The molecule has 13 heavy (non-hydrogen) atoms. The summed E-state index contributed by atoms with van der Waals surface area (Å²) in [4.78, 5) is 8.37. The van der Waals surface area contributed by atoms with Crippen molar-refractivity contribution in [3.63, 3.8) is 0 Å². The Hall–Kier alpha value is -1.04. The van der Waals surface area contributed by atoms with Gasteiger partial charge in [-0.1, -0.05) is 12.1 Å². The number of hydrogen-bond donors (Lipinski definition) is 0. The van der Waals surface area contributed by atoms with E-state index in [1.54, 1.807) is 12.4 Å². The average molecular weight is 342 g/mol. The van der Waals surface area contributed by atoms with Crippen molar-refractivity contribution in [1.29, 1.82) is 0 Å². The Bertz CT molecular complexity index is 310. The zero-order valence-corrected chi connectivity index (χ0v) is 9.61. The first-order valence-corrected chi connectivity index (χ1v) is 3.79. The van der Waals surface area contributed by atoms with Gasteiger partial charge in [0.25, 0.3) is 0 Å². The zero-order valence-electron chi connectivity index (χ0n) is 6.89. The van der Waals surface area contributed by atoms with Gasteiger partial charge in [-0.05, 0) is 24.3 Å². The fraction of sp³-hybridized carbons (Fsp3) is 0. The molecule has 2 heterocycles. The number of pyridine rings is 2. The summed E-state index contributed by atoms with van der Waals surface area (Å²) < 4.78 is 0. The van der Waals surface area contributed by atoms with Crippen LogP contribution in [0.4, 0.5) is 0 Å². The van der Waals surface area contributed by atoms with E-state index in [9.17, 15) is 0 Å². The summed E-state index contributed by atoms with van der Waals surface area (Å²) in [5.41, 5.74) is 1.83. The third-order valence-corrected chi connectivity index (χ3v) is 1.59. The molecule has 3 heteroatoms. The molecule has 0 N–H and O–H groups in total. The molecule has 2 aromatic heterocycles. The molecule has 0 bridgehead atoms. The van der Waals surface area contributed by atoms with Gasteiger partial charge in [0, 0.05) is 32.8 Å². The summed E-state index contributed by atoms with van der Waals surface area (Å²) in [6.07, 6.45) is 3.54. The van der Waals surface area contributed by atoms with Crippen LogP contribution in [-0.2, 0) is 20.4 Å². The van der Waals surface area contributed by atoms with Gasteiger partial charge < -0.3 is 0 Å². The second kappa shape index (κ2) is 4.86. The first-order chi connectivity index (χ1) is 5.97. The maximum atomic E-state index is 4.19. The first-order valence-electron chi connectivity index (χ1n) is 3.79. The standard InChI is InChI=1S/C10H8N2.Re/c1-3-7-11-9(5-1)10-6-2-4-8-12-10;/h1-8H;. The quantitative estimate of drug-likeness (QED) is 0.794. The fourth-order valence-corrected chi connectivity index (χ4v) is 1.03. The molecule has 0 amide bonds. The van der Waals surface area contributed by atoms with Crippen molar-refractivity contribution in [1.82, 2.24) is 9.97 Å². The van der Waals surface area contributed by atoms with Gasteiger partial charge in [-0.2, -0.15) is 0 Å². The third kappa shape index (κ3) is 2.45. The summed E-state index contributed by atoms with van der Waals surface area (Å²) in [7, 11) is 0. The zero-order chi connectivity index (χ0) is 8.23. The van der Waals surface area contributed by atoms with E-state index < -0.39 is 0 Å². The predicted molar refractivity (Wildman–Crippen MR) is 47.5 cm³/mol. The van der Waals surface area contributed by atoms with Crippen molar-refractivity contribution in [2.45, 2.75) is 0 Å². The van der Waals surface area contributed by atoms with E-state index >= 15 is 0 Å². The Morgan fingerprint density at radius 2 is 1.15 bits per heavy atom. The summed E-state index contributed by atoms with van der Waals surface area (Å²) in [6, 6.07) is 11.6. The van der Waals surface area contributed by atoms with E-state index in [4.69, 9.17) is 0 Å². The monoisotopic (exact) mass is 343 g/mol. The summed E-state index contributed by atoms with van der Waals surface area (Å²) in [5, 5.41) is 0. The van der Waals surface area contributed by atoms with Crippen LogP contribution in [0.15, 0.2) is 48.8 Å². The average Bonchev–Trinajstić information content (AvgIpc) is 2.21. The van der Waals surface area contributed by atoms with Crippen molar-refractivity contribution < 1.29 is 20.4 Å². The molecule has 0 fully saturated rings. The Morgan fingerprint density at radius 3 is 1.46 bits per heavy atom. The normalized spacial score (nSPS) is 8.92. The van der Waals surface area contributed by atoms with Crippen molar-refractivity contribution in [3.05, 3.63) is 48.8 Å². The smallest absolute Gasteiger partial charge is 0.0886 e. The van der Waals surface area contributed by atoms with Crippen LogP contribution in [0.3, 0.4) is 0 Å². The molecular weight excluding hydrogens is 334 g/mol. The minimum atomic E-state index is 0. The third-order valence-electron chi connectivity index (χ3n) is 1.59. The molecule has 0 saturated carbocycles. The van der Waals surface area contributed by atoms with E-state index in [1.807, 2.05) is 36.4 Å². The molecule has 0 spiro atoms. The van der Waals surface area contributed by atoms with E-state index in [0.717, 1.165) is 11.4 Å². The molecule has 2 nitrogen and oxygen atoms in total. The molecule has 0 saturated heterocycles. The number of nitrogens with zero attached hydrogens (tertiary/aromatic N) is 2. The van der Waals surface area contributed by atoms with Gasteiger partial charge in [0.15, 0.2) is 0 Å². The minimum absolute atomic E-state index is 0. The topological polar surface area (TPSA) is 25.8 Å². The van der Waals surface area contributed by atoms with Crippen molar-refractivity contribution in [2.75, 3.05) is 0 Å². The Balaban J connectivity index is 0.000000845. The largest absolute Gasteiger partial charge is 0.255 e.